The minimum Gasteiger partial charge on any atom is -0.492 e. The van der Waals surface area contributed by atoms with Crippen molar-refractivity contribution in [2.24, 2.45) is 17.6 Å². The number of amides is 1. The molecular weight excluding hydrogens is 264 g/mol. The molecule has 1 rings (SSSR count). The van der Waals surface area contributed by atoms with Gasteiger partial charge in [-0.2, -0.15) is 0 Å². The Kier molecular flexibility index (Phi) is 7.83. The van der Waals surface area contributed by atoms with E-state index in [0.717, 1.165) is 12.2 Å². The van der Waals surface area contributed by atoms with Gasteiger partial charge in [-0.1, -0.05) is 32.0 Å². The highest BCUT2D eigenvalue weighted by Crippen LogP contribution is 2.15. The van der Waals surface area contributed by atoms with Crippen molar-refractivity contribution in [2.45, 2.75) is 26.7 Å². The summed E-state index contributed by atoms with van der Waals surface area (Å²) in [6.07, 6.45) is 1.52. The Morgan fingerprint density at radius 2 is 1.95 bits per heavy atom. The molecule has 0 aromatic heterocycles. The smallest absolute Gasteiger partial charge is 0.222 e. The average molecular weight is 292 g/mol. The average Bonchev–Trinajstić information content (AvgIpc) is 2.46. The van der Waals surface area contributed by atoms with Gasteiger partial charge in [0, 0.05) is 13.5 Å². The van der Waals surface area contributed by atoms with E-state index >= 15 is 0 Å². The lowest BCUT2D eigenvalue weighted by atomic mass is 9.94. The number of likely N-dealkylation sites (N-methyl/N-ethyl adjacent to an activating group) is 1. The van der Waals surface area contributed by atoms with Crippen LogP contribution in [0.2, 0.25) is 0 Å². The van der Waals surface area contributed by atoms with Crippen molar-refractivity contribution in [1.82, 2.24) is 4.90 Å². The summed E-state index contributed by atoms with van der Waals surface area (Å²) in [5.41, 5.74) is 5.75. The van der Waals surface area contributed by atoms with Gasteiger partial charge in [-0.05, 0) is 36.9 Å². The molecule has 0 aliphatic carbocycles. The first-order valence-corrected chi connectivity index (χ1v) is 7.64. The number of ether oxygens (including phenoxy) is 1. The SMILES string of the molecule is CC(C)CC(CN)CC(=O)N(C)CCOc1ccccc1. The molecule has 0 aliphatic rings. The van der Waals surface area contributed by atoms with Crippen LogP contribution in [-0.2, 0) is 4.79 Å². The maximum atomic E-state index is 12.2. The van der Waals surface area contributed by atoms with Crippen LogP contribution in [0.4, 0.5) is 0 Å². The molecule has 4 nitrogen and oxygen atoms in total. The van der Waals surface area contributed by atoms with Crippen molar-refractivity contribution in [2.75, 3.05) is 26.7 Å². The maximum Gasteiger partial charge on any atom is 0.222 e. The Bertz CT molecular complexity index is 407. The second-order valence-corrected chi connectivity index (χ2v) is 5.91. The molecule has 0 bridgehead atoms. The zero-order valence-electron chi connectivity index (χ0n) is 13.4. The lowest BCUT2D eigenvalue weighted by molar-refractivity contribution is -0.131. The molecule has 118 valence electrons. The van der Waals surface area contributed by atoms with Crippen LogP contribution in [-0.4, -0.2) is 37.6 Å². The molecule has 0 saturated heterocycles. The van der Waals surface area contributed by atoms with Crippen LogP contribution in [0.25, 0.3) is 0 Å². The van der Waals surface area contributed by atoms with Crippen molar-refractivity contribution in [1.29, 1.82) is 0 Å². The van der Waals surface area contributed by atoms with Gasteiger partial charge in [0.2, 0.25) is 5.91 Å². The fourth-order valence-electron chi connectivity index (χ4n) is 2.27. The topological polar surface area (TPSA) is 55.6 Å². The molecule has 1 atom stereocenters. The summed E-state index contributed by atoms with van der Waals surface area (Å²) < 4.78 is 5.60. The van der Waals surface area contributed by atoms with E-state index in [0.29, 0.717) is 32.0 Å². The lowest BCUT2D eigenvalue weighted by Crippen LogP contribution is -2.33. The molecule has 1 amide bonds. The van der Waals surface area contributed by atoms with E-state index in [2.05, 4.69) is 13.8 Å². The molecule has 21 heavy (non-hydrogen) atoms. The van der Waals surface area contributed by atoms with Crippen molar-refractivity contribution >= 4 is 5.91 Å². The minimum absolute atomic E-state index is 0.141. The Hall–Kier alpha value is -1.55. The zero-order valence-corrected chi connectivity index (χ0v) is 13.4. The number of rotatable bonds is 9. The van der Waals surface area contributed by atoms with E-state index < -0.39 is 0 Å². The van der Waals surface area contributed by atoms with Crippen molar-refractivity contribution < 1.29 is 9.53 Å². The fourth-order valence-corrected chi connectivity index (χ4v) is 2.27. The Balaban J connectivity index is 2.30. The van der Waals surface area contributed by atoms with Crippen molar-refractivity contribution in [3.8, 4) is 5.75 Å². The van der Waals surface area contributed by atoms with Crippen LogP contribution < -0.4 is 10.5 Å². The molecule has 1 aromatic rings. The molecule has 2 N–H and O–H groups in total. The maximum absolute atomic E-state index is 12.2. The van der Waals surface area contributed by atoms with Gasteiger partial charge in [-0.15, -0.1) is 0 Å². The summed E-state index contributed by atoms with van der Waals surface area (Å²) in [4.78, 5) is 13.9. The second-order valence-electron chi connectivity index (χ2n) is 5.91. The first-order chi connectivity index (χ1) is 10.0. The Morgan fingerprint density at radius 1 is 1.29 bits per heavy atom. The number of nitrogens with two attached hydrogens (primary N) is 1. The molecule has 0 spiro atoms. The summed E-state index contributed by atoms with van der Waals surface area (Å²) in [6.45, 7) is 5.98. The van der Waals surface area contributed by atoms with Crippen LogP contribution in [0.1, 0.15) is 26.7 Å². The molecular formula is C17H28N2O2. The van der Waals surface area contributed by atoms with E-state index in [9.17, 15) is 4.79 Å². The first-order valence-electron chi connectivity index (χ1n) is 7.64. The predicted octanol–water partition coefficient (Wildman–Crippen LogP) is 2.53. The molecule has 1 aromatic carbocycles. The van der Waals surface area contributed by atoms with Gasteiger partial charge in [0.1, 0.15) is 12.4 Å². The molecule has 4 heteroatoms. The van der Waals surface area contributed by atoms with Crippen LogP contribution in [0.3, 0.4) is 0 Å². The number of carbonyl (C=O) groups excluding carboxylic acids is 1. The van der Waals surface area contributed by atoms with Gasteiger partial charge >= 0.3 is 0 Å². The summed E-state index contributed by atoms with van der Waals surface area (Å²) in [7, 11) is 1.82. The number of para-hydroxylation sites is 1. The van der Waals surface area contributed by atoms with E-state index in [1.165, 1.54) is 0 Å². The van der Waals surface area contributed by atoms with Gasteiger partial charge in [0.05, 0.1) is 6.54 Å². The van der Waals surface area contributed by atoms with Crippen molar-refractivity contribution in [3.63, 3.8) is 0 Å². The molecule has 0 radical (unpaired) electrons. The number of benzene rings is 1. The number of hydrogen-bond acceptors (Lipinski definition) is 3. The van der Waals surface area contributed by atoms with E-state index in [1.807, 2.05) is 37.4 Å². The normalized spacial score (nSPS) is 12.2. The van der Waals surface area contributed by atoms with Crippen LogP contribution >= 0.6 is 0 Å². The number of hydrogen-bond donors (Lipinski definition) is 1. The molecule has 0 saturated carbocycles. The standard InChI is InChI=1S/C17H28N2O2/c1-14(2)11-15(13-18)12-17(20)19(3)9-10-21-16-7-5-4-6-8-16/h4-8,14-15H,9-13,18H2,1-3H3. The lowest BCUT2D eigenvalue weighted by Gasteiger charge is -2.22. The third-order valence-electron chi connectivity index (χ3n) is 3.47. The van der Waals surface area contributed by atoms with Gasteiger partial charge in [-0.25, -0.2) is 0 Å². The number of carbonyl (C=O) groups is 1. The third-order valence-corrected chi connectivity index (χ3v) is 3.47. The summed E-state index contributed by atoms with van der Waals surface area (Å²) >= 11 is 0. The highest BCUT2D eigenvalue weighted by molar-refractivity contribution is 5.76. The summed E-state index contributed by atoms with van der Waals surface area (Å²) in [6, 6.07) is 9.64. The fraction of sp³-hybridized carbons (Fsp3) is 0.588. The monoisotopic (exact) mass is 292 g/mol. The largest absolute Gasteiger partial charge is 0.492 e. The predicted molar refractivity (Wildman–Crippen MR) is 86.2 cm³/mol. The third kappa shape index (κ3) is 7.14. The van der Waals surface area contributed by atoms with Gasteiger partial charge in [0.25, 0.3) is 0 Å². The number of nitrogens with zero attached hydrogens (tertiary/aromatic N) is 1. The van der Waals surface area contributed by atoms with Gasteiger partial charge in [-0.3, -0.25) is 4.79 Å². The zero-order chi connectivity index (χ0) is 15.7. The molecule has 0 fully saturated rings. The highest BCUT2D eigenvalue weighted by atomic mass is 16.5. The van der Waals surface area contributed by atoms with Crippen LogP contribution in [0.15, 0.2) is 30.3 Å². The summed E-state index contributed by atoms with van der Waals surface area (Å²) in [5, 5.41) is 0. The summed E-state index contributed by atoms with van der Waals surface area (Å²) in [5.74, 6) is 1.81. The van der Waals surface area contributed by atoms with Gasteiger partial charge < -0.3 is 15.4 Å². The molecule has 0 aliphatic heterocycles. The Labute approximate surface area is 128 Å². The second kappa shape index (κ2) is 9.40. The van der Waals surface area contributed by atoms with Crippen molar-refractivity contribution in [3.05, 3.63) is 30.3 Å². The Morgan fingerprint density at radius 3 is 2.52 bits per heavy atom. The molecule has 0 heterocycles. The highest BCUT2D eigenvalue weighted by Gasteiger charge is 2.16. The first kappa shape index (κ1) is 17.5. The van der Waals surface area contributed by atoms with Crippen LogP contribution in [0, 0.1) is 11.8 Å². The van der Waals surface area contributed by atoms with E-state index in [4.69, 9.17) is 10.5 Å². The minimum atomic E-state index is 0.141. The van der Waals surface area contributed by atoms with E-state index in [-0.39, 0.29) is 11.8 Å². The molecule has 1 unspecified atom stereocenters. The van der Waals surface area contributed by atoms with Crippen LogP contribution in [0.5, 0.6) is 5.75 Å². The van der Waals surface area contributed by atoms with Gasteiger partial charge in [0.15, 0.2) is 0 Å². The quantitative estimate of drug-likeness (QED) is 0.761. The van der Waals surface area contributed by atoms with E-state index in [1.54, 1.807) is 4.90 Å².